The van der Waals surface area contributed by atoms with Gasteiger partial charge in [-0.15, -0.1) is 0 Å². The third-order valence-electron chi connectivity index (χ3n) is 4.68. The fourth-order valence-electron chi connectivity index (χ4n) is 3.17. The molecule has 2 aromatic rings. The summed E-state index contributed by atoms with van der Waals surface area (Å²) < 4.78 is 42.5. The van der Waals surface area contributed by atoms with Crippen molar-refractivity contribution >= 4 is 15.7 Å². The molecule has 0 aliphatic carbocycles. The van der Waals surface area contributed by atoms with Gasteiger partial charge in [-0.3, -0.25) is 4.79 Å². The fraction of sp³-hybridized carbons (Fsp3) is 0.350. The Morgan fingerprint density at radius 1 is 1.19 bits per heavy atom. The second kappa shape index (κ2) is 8.08. The molecule has 27 heavy (non-hydrogen) atoms. The molecule has 1 fully saturated rings. The Kier molecular flexibility index (Phi) is 5.79. The van der Waals surface area contributed by atoms with E-state index < -0.39 is 15.9 Å². The van der Waals surface area contributed by atoms with Crippen molar-refractivity contribution in [3.8, 4) is 5.75 Å². The van der Waals surface area contributed by atoms with Crippen LogP contribution in [0.4, 0.5) is 4.39 Å². The van der Waals surface area contributed by atoms with Crippen molar-refractivity contribution in [1.82, 2.24) is 4.90 Å². The van der Waals surface area contributed by atoms with Crippen LogP contribution in [0, 0.1) is 12.7 Å². The molecule has 3 rings (SSSR count). The third kappa shape index (κ3) is 5.07. The van der Waals surface area contributed by atoms with Gasteiger partial charge in [0.15, 0.2) is 16.4 Å². The highest BCUT2D eigenvalue weighted by Crippen LogP contribution is 2.22. The molecule has 1 heterocycles. The molecule has 1 saturated heterocycles. The van der Waals surface area contributed by atoms with E-state index in [9.17, 15) is 17.6 Å². The van der Waals surface area contributed by atoms with Crippen molar-refractivity contribution in [2.75, 3.05) is 18.1 Å². The zero-order valence-corrected chi connectivity index (χ0v) is 15.9. The smallest absolute Gasteiger partial charge is 0.261 e. The molecule has 1 amide bonds. The van der Waals surface area contributed by atoms with Crippen molar-refractivity contribution < 1.29 is 22.3 Å². The lowest BCUT2D eigenvalue weighted by Gasteiger charge is -2.28. The maximum Gasteiger partial charge on any atom is 0.261 e. The molecule has 0 saturated carbocycles. The minimum absolute atomic E-state index is 0.0513. The number of aryl methyl sites for hydroxylation is 1. The summed E-state index contributed by atoms with van der Waals surface area (Å²) in [5.74, 6) is -0.00682. The zero-order chi connectivity index (χ0) is 19.4. The van der Waals surface area contributed by atoms with Crippen molar-refractivity contribution in [2.24, 2.45) is 0 Å². The number of benzene rings is 2. The molecule has 1 atom stereocenters. The SMILES string of the molecule is Cc1ccccc1OCC(=O)N(Cc1ccc(F)cc1)C1CCS(=O)(=O)C1. The number of ether oxygens (including phenoxy) is 1. The van der Waals surface area contributed by atoms with E-state index in [2.05, 4.69) is 0 Å². The average Bonchev–Trinajstić information content (AvgIpc) is 3.00. The molecule has 2 aromatic carbocycles. The molecule has 1 aliphatic heterocycles. The highest BCUT2D eigenvalue weighted by molar-refractivity contribution is 7.91. The Hall–Kier alpha value is -2.41. The Balaban J connectivity index is 1.75. The van der Waals surface area contributed by atoms with Crippen molar-refractivity contribution in [3.05, 3.63) is 65.5 Å². The van der Waals surface area contributed by atoms with Gasteiger partial charge < -0.3 is 9.64 Å². The first-order valence-corrected chi connectivity index (χ1v) is 10.6. The van der Waals surface area contributed by atoms with E-state index in [0.717, 1.165) is 11.1 Å². The summed E-state index contributed by atoms with van der Waals surface area (Å²) in [4.78, 5) is 14.4. The van der Waals surface area contributed by atoms with Crippen LogP contribution in [0.5, 0.6) is 5.75 Å². The highest BCUT2D eigenvalue weighted by Gasteiger charge is 2.34. The van der Waals surface area contributed by atoms with Gasteiger partial charge in [0.05, 0.1) is 11.5 Å². The number of amides is 1. The summed E-state index contributed by atoms with van der Waals surface area (Å²) in [6.07, 6.45) is 0.402. The van der Waals surface area contributed by atoms with Gasteiger partial charge >= 0.3 is 0 Å². The normalized spacial score (nSPS) is 18.2. The maximum atomic E-state index is 13.2. The molecule has 0 radical (unpaired) electrons. The van der Waals surface area contributed by atoms with E-state index in [1.807, 2.05) is 25.1 Å². The summed E-state index contributed by atoms with van der Waals surface area (Å²) in [6, 6.07) is 12.8. The number of halogens is 1. The predicted molar refractivity (Wildman–Crippen MR) is 101 cm³/mol. The molecule has 144 valence electrons. The molecular weight excluding hydrogens is 369 g/mol. The Morgan fingerprint density at radius 3 is 2.52 bits per heavy atom. The number of rotatable bonds is 6. The summed E-state index contributed by atoms with van der Waals surface area (Å²) in [5, 5.41) is 0. The topological polar surface area (TPSA) is 63.7 Å². The van der Waals surface area contributed by atoms with Gasteiger partial charge in [-0.1, -0.05) is 30.3 Å². The van der Waals surface area contributed by atoms with Crippen molar-refractivity contribution in [3.63, 3.8) is 0 Å². The van der Waals surface area contributed by atoms with Gasteiger partial charge in [0.25, 0.3) is 5.91 Å². The van der Waals surface area contributed by atoms with E-state index in [4.69, 9.17) is 4.74 Å². The molecule has 0 N–H and O–H groups in total. The van der Waals surface area contributed by atoms with Crippen LogP contribution in [0.15, 0.2) is 48.5 Å². The number of sulfone groups is 1. The standard InChI is InChI=1S/C20H22FNO4S/c1-15-4-2-3-5-19(15)26-13-20(23)22(18-10-11-27(24,25)14-18)12-16-6-8-17(21)9-7-16/h2-9,18H,10-14H2,1H3. The van der Waals surface area contributed by atoms with Gasteiger partial charge in [-0.2, -0.15) is 0 Å². The predicted octanol–water partition coefficient (Wildman–Crippen LogP) is 2.73. The lowest BCUT2D eigenvalue weighted by molar-refractivity contribution is -0.136. The van der Waals surface area contributed by atoms with E-state index in [1.165, 1.54) is 17.0 Å². The fourth-order valence-corrected chi connectivity index (χ4v) is 4.90. The number of hydrogen-bond donors (Lipinski definition) is 0. The number of carbonyl (C=O) groups is 1. The largest absolute Gasteiger partial charge is 0.484 e. The molecule has 0 spiro atoms. The van der Waals surface area contributed by atoms with Crippen LogP contribution in [0.2, 0.25) is 0 Å². The second-order valence-electron chi connectivity index (χ2n) is 6.76. The molecule has 0 bridgehead atoms. The Morgan fingerprint density at radius 2 is 1.89 bits per heavy atom. The number of carbonyl (C=O) groups excluding carboxylic acids is 1. The minimum Gasteiger partial charge on any atom is -0.484 e. The number of para-hydroxylation sites is 1. The lowest BCUT2D eigenvalue weighted by Crippen LogP contribution is -2.43. The maximum absolute atomic E-state index is 13.2. The van der Waals surface area contributed by atoms with Gasteiger partial charge in [-0.25, -0.2) is 12.8 Å². The van der Waals surface area contributed by atoms with Crippen LogP contribution in [-0.2, 0) is 21.2 Å². The number of hydrogen-bond acceptors (Lipinski definition) is 4. The molecule has 1 unspecified atom stereocenters. The lowest BCUT2D eigenvalue weighted by atomic mass is 10.1. The Bertz CT molecular complexity index is 912. The van der Waals surface area contributed by atoms with Crippen LogP contribution in [0.3, 0.4) is 0 Å². The second-order valence-corrected chi connectivity index (χ2v) is 8.99. The average molecular weight is 391 g/mol. The summed E-state index contributed by atoms with van der Waals surface area (Å²) in [5.41, 5.74) is 1.66. The zero-order valence-electron chi connectivity index (χ0n) is 15.1. The first-order chi connectivity index (χ1) is 12.8. The van der Waals surface area contributed by atoms with E-state index in [1.54, 1.807) is 18.2 Å². The van der Waals surface area contributed by atoms with Crippen LogP contribution in [0.1, 0.15) is 17.5 Å². The summed E-state index contributed by atoms with van der Waals surface area (Å²) in [7, 11) is -3.14. The summed E-state index contributed by atoms with van der Waals surface area (Å²) >= 11 is 0. The molecule has 5 nitrogen and oxygen atoms in total. The first kappa shape index (κ1) is 19.4. The van der Waals surface area contributed by atoms with Crippen molar-refractivity contribution in [1.29, 1.82) is 0 Å². The van der Waals surface area contributed by atoms with E-state index >= 15 is 0 Å². The quantitative estimate of drug-likeness (QED) is 0.760. The van der Waals surface area contributed by atoms with E-state index in [0.29, 0.717) is 12.2 Å². The van der Waals surface area contributed by atoms with Crippen LogP contribution in [-0.4, -0.2) is 43.4 Å². The first-order valence-electron chi connectivity index (χ1n) is 8.77. The highest BCUT2D eigenvalue weighted by atomic mass is 32.2. The Labute approximate surface area is 158 Å². The summed E-state index contributed by atoms with van der Waals surface area (Å²) in [6.45, 7) is 1.93. The van der Waals surface area contributed by atoms with Crippen LogP contribution < -0.4 is 4.74 Å². The minimum atomic E-state index is -3.14. The van der Waals surface area contributed by atoms with E-state index in [-0.39, 0.29) is 36.4 Å². The van der Waals surface area contributed by atoms with Crippen LogP contribution in [0.25, 0.3) is 0 Å². The van der Waals surface area contributed by atoms with Gasteiger partial charge in [-0.05, 0) is 42.7 Å². The monoisotopic (exact) mass is 391 g/mol. The van der Waals surface area contributed by atoms with Gasteiger partial charge in [0.1, 0.15) is 11.6 Å². The van der Waals surface area contributed by atoms with Gasteiger partial charge in [0.2, 0.25) is 0 Å². The third-order valence-corrected chi connectivity index (χ3v) is 6.43. The molecule has 1 aliphatic rings. The van der Waals surface area contributed by atoms with Crippen molar-refractivity contribution in [2.45, 2.75) is 25.9 Å². The molecule has 7 heteroatoms. The molecule has 0 aromatic heterocycles. The van der Waals surface area contributed by atoms with Gasteiger partial charge in [0, 0.05) is 12.6 Å². The molecular formula is C20H22FNO4S. The van der Waals surface area contributed by atoms with Crippen LogP contribution >= 0.6 is 0 Å². The number of nitrogens with zero attached hydrogens (tertiary/aromatic N) is 1.